The van der Waals surface area contributed by atoms with E-state index in [0.717, 1.165) is 12.8 Å². The van der Waals surface area contributed by atoms with Crippen molar-refractivity contribution in [2.45, 2.75) is 18.9 Å². The van der Waals surface area contributed by atoms with Crippen molar-refractivity contribution in [3.63, 3.8) is 0 Å². The second kappa shape index (κ2) is 6.36. The van der Waals surface area contributed by atoms with Gasteiger partial charge in [0, 0.05) is 38.2 Å². The number of nitro groups is 1. The van der Waals surface area contributed by atoms with Crippen molar-refractivity contribution in [3.8, 4) is 6.07 Å². The molecule has 0 N–H and O–H groups in total. The molecule has 2 aromatic rings. The topological polar surface area (TPSA) is 103 Å². The number of amides is 1. The number of aromatic nitrogens is 1. The molecule has 0 spiro atoms. The lowest BCUT2D eigenvalue weighted by Crippen LogP contribution is -2.43. The number of benzene rings is 1. The molecule has 1 aromatic carbocycles. The molecule has 2 heterocycles. The average molecular weight is 339 g/mol. The molecule has 1 saturated heterocycles. The highest BCUT2D eigenvalue weighted by Crippen LogP contribution is 2.30. The monoisotopic (exact) mass is 339 g/mol. The number of anilines is 1. The molecule has 8 nitrogen and oxygen atoms in total. The number of nitro benzene ring substituents is 1. The largest absolute Gasteiger partial charge is 0.347 e. The number of nitrogens with zero attached hydrogens (tertiary/aromatic N) is 5. The molecule has 1 aliphatic heterocycles. The molecule has 1 aliphatic rings. The highest BCUT2D eigenvalue weighted by Gasteiger charge is 2.33. The standard InChI is InChI=1S/C17H17N5O3/c1-20(2)17(23)15-4-3-7-21(15)16-8-11(10-18)13-9-12(22(24)25)5-6-14(13)19-16/h5-6,8-9,15H,3-4,7H2,1-2H3/t15-/m0/s1. The van der Waals surface area contributed by atoms with Gasteiger partial charge in [0.15, 0.2) is 0 Å². The van der Waals surface area contributed by atoms with E-state index in [1.807, 2.05) is 4.90 Å². The zero-order chi connectivity index (χ0) is 18.1. The fraction of sp³-hybridized carbons (Fsp3) is 0.353. The van der Waals surface area contributed by atoms with E-state index in [1.54, 1.807) is 25.1 Å². The van der Waals surface area contributed by atoms with E-state index in [0.29, 0.717) is 28.8 Å². The Morgan fingerprint density at radius 2 is 2.20 bits per heavy atom. The molecule has 0 saturated carbocycles. The highest BCUT2D eigenvalue weighted by molar-refractivity contribution is 5.90. The van der Waals surface area contributed by atoms with Crippen molar-refractivity contribution in [1.82, 2.24) is 9.88 Å². The number of carbonyl (C=O) groups excluding carboxylic acids is 1. The summed E-state index contributed by atoms with van der Waals surface area (Å²) in [6, 6.07) is 7.65. The number of hydrogen-bond donors (Lipinski definition) is 0. The number of likely N-dealkylation sites (N-methyl/N-ethyl adjacent to an activating group) is 1. The van der Waals surface area contributed by atoms with E-state index in [2.05, 4.69) is 11.1 Å². The number of pyridine rings is 1. The van der Waals surface area contributed by atoms with Gasteiger partial charge in [-0.05, 0) is 25.0 Å². The first-order valence-corrected chi connectivity index (χ1v) is 7.89. The van der Waals surface area contributed by atoms with E-state index < -0.39 is 4.92 Å². The molecule has 25 heavy (non-hydrogen) atoms. The first-order valence-electron chi connectivity index (χ1n) is 7.89. The van der Waals surface area contributed by atoms with Gasteiger partial charge in [-0.2, -0.15) is 5.26 Å². The van der Waals surface area contributed by atoms with Gasteiger partial charge < -0.3 is 9.80 Å². The third-order valence-electron chi connectivity index (χ3n) is 4.38. The smallest absolute Gasteiger partial charge is 0.270 e. The van der Waals surface area contributed by atoms with Gasteiger partial charge in [0.1, 0.15) is 11.9 Å². The lowest BCUT2D eigenvalue weighted by atomic mass is 10.1. The van der Waals surface area contributed by atoms with Crippen LogP contribution in [0.5, 0.6) is 0 Å². The maximum atomic E-state index is 12.4. The summed E-state index contributed by atoms with van der Waals surface area (Å²) in [6.45, 7) is 0.681. The van der Waals surface area contributed by atoms with Gasteiger partial charge in [-0.25, -0.2) is 4.98 Å². The fourth-order valence-corrected chi connectivity index (χ4v) is 3.15. The van der Waals surface area contributed by atoms with Crippen molar-refractivity contribution in [2.24, 2.45) is 0 Å². The van der Waals surface area contributed by atoms with Crippen LogP contribution in [0.25, 0.3) is 10.9 Å². The molecular formula is C17H17N5O3. The molecule has 1 fully saturated rings. The van der Waals surface area contributed by atoms with Crippen molar-refractivity contribution < 1.29 is 9.72 Å². The summed E-state index contributed by atoms with van der Waals surface area (Å²) in [4.78, 5) is 30.8. The van der Waals surface area contributed by atoms with Crippen LogP contribution in [0.15, 0.2) is 24.3 Å². The van der Waals surface area contributed by atoms with Crippen LogP contribution in [0.2, 0.25) is 0 Å². The Labute approximate surface area is 144 Å². The summed E-state index contributed by atoms with van der Waals surface area (Å²) < 4.78 is 0. The molecule has 8 heteroatoms. The van der Waals surface area contributed by atoms with Gasteiger partial charge in [0.05, 0.1) is 22.1 Å². The van der Waals surface area contributed by atoms with Crippen LogP contribution in [0, 0.1) is 21.4 Å². The Morgan fingerprint density at radius 1 is 1.44 bits per heavy atom. The average Bonchev–Trinajstić information content (AvgIpc) is 3.08. The van der Waals surface area contributed by atoms with Crippen molar-refractivity contribution in [3.05, 3.63) is 39.9 Å². The Bertz CT molecular complexity index is 903. The van der Waals surface area contributed by atoms with Gasteiger partial charge in [-0.15, -0.1) is 0 Å². The minimum absolute atomic E-state index is 0.00149. The summed E-state index contributed by atoms with van der Waals surface area (Å²) in [6.07, 6.45) is 1.60. The molecular weight excluding hydrogens is 322 g/mol. The minimum Gasteiger partial charge on any atom is -0.347 e. The summed E-state index contributed by atoms with van der Waals surface area (Å²) >= 11 is 0. The fourth-order valence-electron chi connectivity index (χ4n) is 3.15. The molecule has 0 aliphatic carbocycles. The van der Waals surface area contributed by atoms with Gasteiger partial charge in [0.25, 0.3) is 5.69 Å². The van der Waals surface area contributed by atoms with Crippen molar-refractivity contribution in [2.75, 3.05) is 25.5 Å². The van der Waals surface area contributed by atoms with E-state index >= 15 is 0 Å². The number of non-ortho nitro benzene ring substituents is 1. The molecule has 128 valence electrons. The summed E-state index contributed by atoms with van der Waals surface area (Å²) in [5.74, 6) is 0.553. The van der Waals surface area contributed by atoms with E-state index in [1.165, 1.54) is 18.2 Å². The van der Waals surface area contributed by atoms with Crippen LogP contribution in [-0.2, 0) is 4.79 Å². The first-order chi connectivity index (χ1) is 11.9. The van der Waals surface area contributed by atoms with Crippen LogP contribution in [-0.4, -0.2) is 47.4 Å². The Morgan fingerprint density at radius 3 is 2.84 bits per heavy atom. The number of carbonyl (C=O) groups is 1. The molecule has 1 aromatic heterocycles. The lowest BCUT2D eigenvalue weighted by molar-refractivity contribution is -0.384. The normalized spacial score (nSPS) is 16.7. The quantitative estimate of drug-likeness (QED) is 0.626. The van der Waals surface area contributed by atoms with Gasteiger partial charge >= 0.3 is 0 Å². The van der Waals surface area contributed by atoms with Crippen LogP contribution in [0.4, 0.5) is 11.5 Å². The van der Waals surface area contributed by atoms with Crippen LogP contribution >= 0.6 is 0 Å². The van der Waals surface area contributed by atoms with E-state index in [9.17, 15) is 20.2 Å². The predicted molar refractivity (Wildman–Crippen MR) is 92.2 cm³/mol. The summed E-state index contributed by atoms with van der Waals surface area (Å²) in [5, 5.41) is 20.8. The second-order valence-electron chi connectivity index (χ2n) is 6.18. The number of rotatable bonds is 3. The molecule has 0 bridgehead atoms. The Kier molecular flexibility index (Phi) is 4.23. The molecule has 0 unspecified atom stereocenters. The van der Waals surface area contributed by atoms with Gasteiger partial charge in [-0.1, -0.05) is 0 Å². The zero-order valence-electron chi connectivity index (χ0n) is 14.0. The molecule has 0 radical (unpaired) electrons. The number of hydrogen-bond acceptors (Lipinski definition) is 6. The Balaban J connectivity index is 2.09. The molecule has 1 atom stereocenters. The maximum Gasteiger partial charge on any atom is 0.270 e. The van der Waals surface area contributed by atoms with Crippen LogP contribution in [0.1, 0.15) is 18.4 Å². The van der Waals surface area contributed by atoms with Crippen molar-refractivity contribution in [1.29, 1.82) is 5.26 Å². The lowest BCUT2D eigenvalue weighted by Gasteiger charge is -2.27. The van der Waals surface area contributed by atoms with E-state index in [-0.39, 0.29) is 17.6 Å². The SMILES string of the molecule is CN(C)C(=O)[C@@H]1CCCN1c1cc(C#N)c2cc([N+](=O)[O-])ccc2n1. The van der Waals surface area contributed by atoms with Gasteiger partial charge in [0.2, 0.25) is 5.91 Å². The third-order valence-corrected chi connectivity index (χ3v) is 4.38. The summed E-state index contributed by atoms with van der Waals surface area (Å²) in [7, 11) is 3.43. The van der Waals surface area contributed by atoms with E-state index in [4.69, 9.17) is 0 Å². The minimum atomic E-state index is -0.499. The predicted octanol–water partition coefficient (Wildman–Crippen LogP) is 2.07. The highest BCUT2D eigenvalue weighted by atomic mass is 16.6. The second-order valence-corrected chi connectivity index (χ2v) is 6.18. The van der Waals surface area contributed by atoms with Crippen LogP contribution < -0.4 is 4.90 Å². The number of fused-ring (bicyclic) bond motifs is 1. The maximum absolute atomic E-state index is 12.4. The number of nitriles is 1. The van der Waals surface area contributed by atoms with Crippen LogP contribution in [0.3, 0.4) is 0 Å². The Hall–Kier alpha value is -3.21. The third kappa shape index (κ3) is 2.96. The summed E-state index contributed by atoms with van der Waals surface area (Å²) in [5.41, 5.74) is 0.731. The molecule has 3 rings (SSSR count). The van der Waals surface area contributed by atoms with Gasteiger partial charge in [-0.3, -0.25) is 14.9 Å². The van der Waals surface area contributed by atoms with Crippen molar-refractivity contribution >= 4 is 28.3 Å². The molecule has 1 amide bonds. The zero-order valence-corrected chi connectivity index (χ0v) is 14.0. The first kappa shape index (κ1) is 16.6.